The standard InChI is InChI=1S/C12H14ClN5O2/c1-12(2,3)10-11(14)15-16-17(10)7-4-5-9(18(19)20)8(13)6-7/h4-6H,14H2,1-3H3. The fraction of sp³-hybridized carbons (Fsp3) is 0.333. The molecule has 0 spiro atoms. The molecule has 0 aliphatic heterocycles. The lowest BCUT2D eigenvalue weighted by molar-refractivity contribution is -0.384. The lowest BCUT2D eigenvalue weighted by atomic mass is 9.91. The summed E-state index contributed by atoms with van der Waals surface area (Å²) in [6.45, 7) is 5.93. The van der Waals surface area contributed by atoms with Crippen LogP contribution in [0.2, 0.25) is 5.02 Å². The van der Waals surface area contributed by atoms with Crippen LogP contribution < -0.4 is 5.73 Å². The summed E-state index contributed by atoms with van der Waals surface area (Å²) in [5, 5.41) is 18.7. The molecule has 0 radical (unpaired) electrons. The Morgan fingerprint density at radius 1 is 1.40 bits per heavy atom. The Morgan fingerprint density at radius 3 is 2.55 bits per heavy atom. The van der Waals surface area contributed by atoms with Crippen molar-refractivity contribution in [1.29, 1.82) is 0 Å². The predicted molar refractivity (Wildman–Crippen MR) is 76.1 cm³/mol. The van der Waals surface area contributed by atoms with Crippen molar-refractivity contribution in [2.75, 3.05) is 5.73 Å². The van der Waals surface area contributed by atoms with Gasteiger partial charge in [0.1, 0.15) is 5.02 Å². The number of aromatic nitrogens is 3. The molecule has 0 atom stereocenters. The maximum absolute atomic E-state index is 10.8. The summed E-state index contributed by atoms with van der Waals surface area (Å²) in [7, 11) is 0. The number of nitrogen functional groups attached to an aromatic ring is 1. The fourth-order valence-electron chi connectivity index (χ4n) is 1.95. The number of hydrogen-bond donors (Lipinski definition) is 1. The first-order valence-electron chi connectivity index (χ1n) is 5.88. The molecule has 2 rings (SSSR count). The van der Waals surface area contributed by atoms with E-state index >= 15 is 0 Å². The average Bonchev–Trinajstić information content (AvgIpc) is 2.70. The molecule has 2 aromatic rings. The molecule has 0 bridgehead atoms. The zero-order chi connectivity index (χ0) is 15.1. The van der Waals surface area contributed by atoms with Crippen LogP contribution in [0.3, 0.4) is 0 Å². The summed E-state index contributed by atoms with van der Waals surface area (Å²) >= 11 is 5.91. The van der Waals surface area contributed by atoms with Crippen molar-refractivity contribution in [2.24, 2.45) is 0 Å². The molecule has 0 saturated carbocycles. The topological polar surface area (TPSA) is 99.9 Å². The van der Waals surface area contributed by atoms with Crippen LogP contribution in [0.15, 0.2) is 18.2 Å². The van der Waals surface area contributed by atoms with Crippen LogP contribution in [0, 0.1) is 10.1 Å². The second kappa shape index (κ2) is 4.75. The van der Waals surface area contributed by atoms with Crippen LogP contribution in [0.25, 0.3) is 5.69 Å². The van der Waals surface area contributed by atoms with Gasteiger partial charge in [-0.1, -0.05) is 37.6 Å². The minimum absolute atomic E-state index is 0.0430. The normalized spacial score (nSPS) is 11.6. The van der Waals surface area contributed by atoms with Crippen LogP contribution in [0.4, 0.5) is 11.5 Å². The number of halogens is 1. The third-order valence-electron chi connectivity index (χ3n) is 2.78. The summed E-state index contributed by atoms with van der Waals surface area (Å²) < 4.78 is 1.55. The van der Waals surface area contributed by atoms with E-state index in [0.29, 0.717) is 11.5 Å². The van der Waals surface area contributed by atoms with Gasteiger partial charge in [0, 0.05) is 11.5 Å². The van der Waals surface area contributed by atoms with E-state index in [4.69, 9.17) is 17.3 Å². The highest BCUT2D eigenvalue weighted by atomic mass is 35.5. The first kappa shape index (κ1) is 14.3. The van der Waals surface area contributed by atoms with Crippen LogP contribution in [-0.2, 0) is 5.41 Å². The molecule has 1 aromatic heterocycles. The molecule has 0 saturated heterocycles. The first-order chi connectivity index (χ1) is 9.21. The number of hydrogen-bond acceptors (Lipinski definition) is 5. The van der Waals surface area contributed by atoms with Crippen molar-refractivity contribution in [3.63, 3.8) is 0 Å². The summed E-state index contributed by atoms with van der Waals surface area (Å²) in [6.07, 6.45) is 0. The summed E-state index contributed by atoms with van der Waals surface area (Å²) in [6, 6.07) is 4.37. The van der Waals surface area contributed by atoms with Gasteiger partial charge in [-0.15, -0.1) is 5.10 Å². The Labute approximate surface area is 120 Å². The third-order valence-corrected chi connectivity index (χ3v) is 3.08. The monoisotopic (exact) mass is 295 g/mol. The van der Waals surface area contributed by atoms with Crippen LogP contribution in [-0.4, -0.2) is 19.9 Å². The van der Waals surface area contributed by atoms with Gasteiger partial charge in [-0.2, -0.15) is 0 Å². The van der Waals surface area contributed by atoms with E-state index in [0.717, 1.165) is 5.69 Å². The molecule has 0 aliphatic rings. The smallest absolute Gasteiger partial charge is 0.288 e. The Bertz CT molecular complexity index is 675. The van der Waals surface area contributed by atoms with Gasteiger partial charge in [0.25, 0.3) is 5.69 Å². The minimum Gasteiger partial charge on any atom is -0.381 e. The van der Waals surface area contributed by atoms with Crippen molar-refractivity contribution in [2.45, 2.75) is 26.2 Å². The third kappa shape index (κ3) is 2.44. The van der Waals surface area contributed by atoms with Crippen LogP contribution in [0.1, 0.15) is 26.5 Å². The van der Waals surface area contributed by atoms with E-state index in [1.54, 1.807) is 10.7 Å². The number of benzene rings is 1. The maximum Gasteiger partial charge on any atom is 0.288 e. The zero-order valence-electron chi connectivity index (χ0n) is 11.3. The summed E-state index contributed by atoms with van der Waals surface area (Å²) in [4.78, 5) is 10.2. The maximum atomic E-state index is 10.8. The number of nitrogens with zero attached hydrogens (tertiary/aromatic N) is 4. The molecule has 0 unspecified atom stereocenters. The molecule has 20 heavy (non-hydrogen) atoms. The van der Waals surface area contributed by atoms with Gasteiger partial charge in [-0.05, 0) is 12.1 Å². The molecule has 0 fully saturated rings. The van der Waals surface area contributed by atoms with Crippen molar-refractivity contribution in [3.05, 3.63) is 39.0 Å². The fourth-order valence-corrected chi connectivity index (χ4v) is 2.20. The Hall–Kier alpha value is -2.15. The van der Waals surface area contributed by atoms with Crippen molar-refractivity contribution in [1.82, 2.24) is 15.0 Å². The number of anilines is 1. The number of nitro groups is 1. The minimum atomic E-state index is -0.535. The lowest BCUT2D eigenvalue weighted by Crippen LogP contribution is -2.19. The van der Waals surface area contributed by atoms with Crippen molar-refractivity contribution >= 4 is 23.1 Å². The predicted octanol–water partition coefficient (Wildman–Crippen LogP) is 2.71. The molecule has 1 aromatic carbocycles. The molecule has 106 valence electrons. The van der Waals surface area contributed by atoms with E-state index in [9.17, 15) is 10.1 Å². The van der Waals surface area contributed by atoms with Gasteiger partial charge < -0.3 is 5.73 Å². The largest absolute Gasteiger partial charge is 0.381 e. The molecule has 7 nitrogen and oxygen atoms in total. The van der Waals surface area contributed by atoms with Gasteiger partial charge in [0.15, 0.2) is 5.82 Å². The highest BCUT2D eigenvalue weighted by molar-refractivity contribution is 6.32. The lowest BCUT2D eigenvalue weighted by Gasteiger charge is -2.20. The molecular weight excluding hydrogens is 282 g/mol. The summed E-state index contributed by atoms with van der Waals surface area (Å²) in [5.74, 6) is 0.326. The van der Waals surface area contributed by atoms with E-state index in [2.05, 4.69) is 10.3 Å². The molecule has 1 heterocycles. The van der Waals surface area contributed by atoms with Crippen LogP contribution >= 0.6 is 11.6 Å². The molecule has 8 heteroatoms. The van der Waals surface area contributed by atoms with Gasteiger partial charge in [-0.25, -0.2) is 4.68 Å². The Balaban J connectivity index is 2.59. The van der Waals surface area contributed by atoms with Gasteiger partial charge in [0.2, 0.25) is 0 Å². The number of nitro benzene ring substituents is 1. The second-order valence-electron chi connectivity index (χ2n) is 5.38. The van der Waals surface area contributed by atoms with E-state index in [-0.39, 0.29) is 16.1 Å². The van der Waals surface area contributed by atoms with Gasteiger partial charge >= 0.3 is 0 Å². The Kier molecular flexibility index (Phi) is 3.39. The van der Waals surface area contributed by atoms with Gasteiger partial charge in [-0.3, -0.25) is 10.1 Å². The summed E-state index contributed by atoms with van der Waals surface area (Å²) in [5.41, 5.74) is 6.72. The molecule has 0 aliphatic carbocycles. The number of rotatable bonds is 2. The average molecular weight is 296 g/mol. The highest BCUT2D eigenvalue weighted by Crippen LogP contribution is 2.31. The van der Waals surface area contributed by atoms with E-state index in [1.165, 1.54) is 12.1 Å². The molecular formula is C12H14ClN5O2. The zero-order valence-corrected chi connectivity index (χ0v) is 12.0. The van der Waals surface area contributed by atoms with Crippen molar-refractivity contribution in [3.8, 4) is 5.69 Å². The SMILES string of the molecule is CC(C)(C)c1c(N)nnn1-c1ccc([N+](=O)[O-])c(Cl)c1. The Morgan fingerprint density at radius 2 is 2.05 bits per heavy atom. The van der Waals surface area contributed by atoms with Gasteiger partial charge in [0.05, 0.1) is 16.3 Å². The quantitative estimate of drug-likeness (QED) is 0.678. The van der Waals surface area contributed by atoms with E-state index < -0.39 is 4.92 Å². The molecule has 0 amide bonds. The highest BCUT2D eigenvalue weighted by Gasteiger charge is 2.25. The first-order valence-corrected chi connectivity index (χ1v) is 6.25. The van der Waals surface area contributed by atoms with Crippen molar-refractivity contribution < 1.29 is 4.92 Å². The number of nitrogens with two attached hydrogens (primary N) is 1. The van der Waals surface area contributed by atoms with E-state index in [1.807, 2.05) is 20.8 Å². The molecule has 2 N–H and O–H groups in total. The second-order valence-corrected chi connectivity index (χ2v) is 5.79. The van der Waals surface area contributed by atoms with Crippen LogP contribution in [0.5, 0.6) is 0 Å².